The summed E-state index contributed by atoms with van der Waals surface area (Å²) in [5, 5.41) is 0. The Bertz CT molecular complexity index is 906. The quantitative estimate of drug-likeness (QED) is 0.557. The first-order valence-electron chi connectivity index (χ1n) is 7.88. The van der Waals surface area contributed by atoms with Gasteiger partial charge in [0, 0.05) is 41.6 Å². The average molecular weight is 314 g/mol. The standard InChI is InChI=1S/C20H18N4/c21-17-8-6-16(7-9-17)20(24-11-10-22-14-24)19-13-23-12-18(19)15-4-2-1-3-5-15/h1-14,20,23H,21H2. The third-order valence-electron chi connectivity index (χ3n) is 4.23. The van der Waals surface area contributed by atoms with Crippen LogP contribution < -0.4 is 5.73 Å². The molecule has 0 radical (unpaired) electrons. The molecule has 1 atom stereocenters. The van der Waals surface area contributed by atoms with Crippen molar-refractivity contribution in [2.45, 2.75) is 6.04 Å². The van der Waals surface area contributed by atoms with Crippen molar-refractivity contribution in [2.75, 3.05) is 5.73 Å². The van der Waals surface area contributed by atoms with E-state index in [1.165, 1.54) is 22.3 Å². The molecule has 4 aromatic rings. The number of benzene rings is 2. The molecule has 2 aromatic carbocycles. The fourth-order valence-corrected chi connectivity index (χ4v) is 3.08. The number of rotatable bonds is 4. The minimum absolute atomic E-state index is 0.0366. The van der Waals surface area contributed by atoms with Crippen molar-refractivity contribution in [3.05, 3.63) is 96.8 Å². The number of imidazole rings is 1. The molecule has 0 aliphatic rings. The van der Waals surface area contributed by atoms with E-state index in [1.807, 2.05) is 36.9 Å². The van der Waals surface area contributed by atoms with Crippen molar-refractivity contribution in [3.8, 4) is 11.1 Å². The number of nitrogen functional groups attached to an aromatic ring is 1. The van der Waals surface area contributed by atoms with Crippen LogP contribution in [0.15, 0.2) is 85.7 Å². The van der Waals surface area contributed by atoms with E-state index in [0.29, 0.717) is 0 Å². The van der Waals surface area contributed by atoms with E-state index >= 15 is 0 Å². The van der Waals surface area contributed by atoms with Crippen LogP contribution in [0.4, 0.5) is 5.69 Å². The van der Waals surface area contributed by atoms with Crippen LogP contribution in [0.1, 0.15) is 17.2 Å². The van der Waals surface area contributed by atoms with E-state index in [-0.39, 0.29) is 6.04 Å². The summed E-state index contributed by atoms with van der Waals surface area (Å²) in [4.78, 5) is 7.49. The van der Waals surface area contributed by atoms with Gasteiger partial charge in [0.25, 0.3) is 0 Å². The molecule has 0 amide bonds. The maximum absolute atomic E-state index is 5.86. The van der Waals surface area contributed by atoms with E-state index in [1.54, 1.807) is 6.20 Å². The number of hydrogen-bond acceptors (Lipinski definition) is 2. The van der Waals surface area contributed by atoms with Gasteiger partial charge in [-0.25, -0.2) is 4.98 Å². The van der Waals surface area contributed by atoms with Gasteiger partial charge in [-0.1, -0.05) is 42.5 Å². The highest BCUT2D eigenvalue weighted by Gasteiger charge is 2.20. The Hall–Kier alpha value is -3.27. The van der Waals surface area contributed by atoms with Crippen LogP contribution in [0, 0.1) is 0 Å². The highest BCUT2D eigenvalue weighted by Crippen LogP contribution is 2.34. The number of nitrogens with two attached hydrogens (primary N) is 1. The van der Waals surface area contributed by atoms with E-state index in [2.05, 4.69) is 57.1 Å². The first-order chi connectivity index (χ1) is 11.8. The van der Waals surface area contributed by atoms with Gasteiger partial charge in [-0.05, 0) is 23.3 Å². The molecule has 0 spiro atoms. The molecule has 0 aliphatic carbocycles. The lowest BCUT2D eigenvalue weighted by molar-refractivity contribution is 0.679. The summed E-state index contributed by atoms with van der Waals surface area (Å²) in [7, 11) is 0. The fourth-order valence-electron chi connectivity index (χ4n) is 3.08. The van der Waals surface area contributed by atoms with Crippen LogP contribution in [0.3, 0.4) is 0 Å². The van der Waals surface area contributed by atoms with Crippen molar-refractivity contribution in [1.82, 2.24) is 14.5 Å². The Morgan fingerprint density at radius 2 is 1.75 bits per heavy atom. The molecule has 4 nitrogen and oxygen atoms in total. The summed E-state index contributed by atoms with van der Waals surface area (Å²) in [6.45, 7) is 0. The molecular weight excluding hydrogens is 296 g/mol. The second kappa shape index (κ2) is 6.08. The highest BCUT2D eigenvalue weighted by molar-refractivity contribution is 5.68. The van der Waals surface area contributed by atoms with Crippen molar-refractivity contribution in [1.29, 1.82) is 0 Å². The van der Waals surface area contributed by atoms with Crippen molar-refractivity contribution >= 4 is 5.69 Å². The summed E-state index contributed by atoms with van der Waals surface area (Å²) < 4.78 is 2.11. The van der Waals surface area contributed by atoms with Crippen LogP contribution in [0.2, 0.25) is 0 Å². The van der Waals surface area contributed by atoms with Gasteiger partial charge in [-0.2, -0.15) is 0 Å². The number of H-pyrrole nitrogens is 1. The van der Waals surface area contributed by atoms with Gasteiger partial charge in [0.2, 0.25) is 0 Å². The number of aromatic nitrogens is 3. The summed E-state index contributed by atoms with van der Waals surface area (Å²) in [5.74, 6) is 0. The lowest BCUT2D eigenvalue weighted by Crippen LogP contribution is -2.11. The second-order valence-electron chi connectivity index (χ2n) is 5.77. The van der Waals surface area contributed by atoms with Gasteiger partial charge in [0.15, 0.2) is 0 Å². The summed E-state index contributed by atoms with van der Waals surface area (Å²) >= 11 is 0. The van der Waals surface area contributed by atoms with E-state index in [9.17, 15) is 0 Å². The molecule has 2 aromatic heterocycles. The van der Waals surface area contributed by atoms with Crippen LogP contribution in [0.25, 0.3) is 11.1 Å². The number of hydrogen-bond donors (Lipinski definition) is 2. The van der Waals surface area contributed by atoms with Crippen LogP contribution in [0.5, 0.6) is 0 Å². The first-order valence-corrected chi connectivity index (χ1v) is 7.88. The first kappa shape index (κ1) is 14.3. The number of nitrogens with one attached hydrogen (secondary N) is 1. The van der Waals surface area contributed by atoms with Gasteiger partial charge < -0.3 is 15.3 Å². The zero-order valence-corrected chi connectivity index (χ0v) is 13.1. The van der Waals surface area contributed by atoms with Gasteiger partial charge >= 0.3 is 0 Å². The van der Waals surface area contributed by atoms with E-state index in [4.69, 9.17) is 5.73 Å². The topological polar surface area (TPSA) is 59.6 Å². The number of nitrogens with zero attached hydrogens (tertiary/aromatic N) is 2. The summed E-state index contributed by atoms with van der Waals surface area (Å²) in [5.41, 5.74) is 11.4. The lowest BCUT2D eigenvalue weighted by Gasteiger charge is -2.20. The minimum Gasteiger partial charge on any atom is -0.399 e. The zero-order chi connectivity index (χ0) is 16.4. The summed E-state index contributed by atoms with van der Waals surface area (Å²) in [6, 6.07) is 18.5. The molecule has 0 aliphatic heterocycles. The Morgan fingerprint density at radius 1 is 0.958 bits per heavy atom. The van der Waals surface area contributed by atoms with Crippen LogP contribution >= 0.6 is 0 Å². The number of aromatic amines is 1. The molecule has 24 heavy (non-hydrogen) atoms. The molecule has 3 N–H and O–H groups in total. The maximum atomic E-state index is 5.86. The maximum Gasteiger partial charge on any atom is 0.0954 e. The van der Waals surface area contributed by atoms with Gasteiger partial charge in [0.1, 0.15) is 0 Å². The van der Waals surface area contributed by atoms with Crippen molar-refractivity contribution in [3.63, 3.8) is 0 Å². The van der Waals surface area contributed by atoms with Gasteiger partial charge in [0.05, 0.1) is 12.4 Å². The van der Waals surface area contributed by atoms with E-state index < -0.39 is 0 Å². The third kappa shape index (κ3) is 2.58. The zero-order valence-electron chi connectivity index (χ0n) is 13.1. The lowest BCUT2D eigenvalue weighted by atomic mass is 9.94. The van der Waals surface area contributed by atoms with Crippen molar-refractivity contribution < 1.29 is 0 Å². The molecular formula is C20H18N4. The SMILES string of the molecule is Nc1ccc(C(c2c[nH]cc2-c2ccccc2)n2ccnc2)cc1. The summed E-state index contributed by atoms with van der Waals surface area (Å²) in [6.07, 6.45) is 9.75. The van der Waals surface area contributed by atoms with Crippen LogP contribution in [-0.2, 0) is 0 Å². The largest absolute Gasteiger partial charge is 0.399 e. The Kier molecular flexibility index (Phi) is 3.63. The van der Waals surface area contributed by atoms with E-state index in [0.717, 1.165) is 5.69 Å². The predicted octanol–water partition coefficient (Wildman–Crippen LogP) is 4.10. The molecule has 0 saturated heterocycles. The Balaban J connectivity index is 1.87. The normalized spacial score (nSPS) is 12.2. The predicted molar refractivity (Wildman–Crippen MR) is 96.6 cm³/mol. The second-order valence-corrected chi connectivity index (χ2v) is 5.77. The van der Waals surface area contributed by atoms with Crippen LogP contribution in [-0.4, -0.2) is 14.5 Å². The molecule has 4 heteroatoms. The fraction of sp³-hybridized carbons (Fsp3) is 0.0500. The highest BCUT2D eigenvalue weighted by atomic mass is 15.1. The van der Waals surface area contributed by atoms with Crippen molar-refractivity contribution in [2.24, 2.45) is 0 Å². The molecule has 118 valence electrons. The number of anilines is 1. The Morgan fingerprint density at radius 3 is 2.46 bits per heavy atom. The third-order valence-corrected chi connectivity index (χ3v) is 4.23. The smallest absolute Gasteiger partial charge is 0.0954 e. The molecule has 0 fully saturated rings. The molecule has 0 saturated carbocycles. The average Bonchev–Trinajstić information content (AvgIpc) is 3.30. The van der Waals surface area contributed by atoms with Gasteiger partial charge in [-0.3, -0.25) is 0 Å². The molecule has 1 unspecified atom stereocenters. The monoisotopic (exact) mass is 314 g/mol. The minimum atomic E-state index is 0.0366. The molecule has 0 bridgehead atoms. The molecule has 2 heterocycles. The Labute approximate surface area is 140 Å². The molecule has 4 rings (SSSR count). The van der Waals surface area contributed by atoms with Gasteiger partial charge in [-0.15, -0.1) is 0 Å².